The zero-order valence-corrected chi connectivity index (χ0v) is 18.6. The first kappa shape index (κ1) is 22.1. The first-order valence-electron chi connectivity index (χ1n) is 11.7. The van der Waals surface area contributed by atoms with Crippen LogP contribution >= 0.6 is 11.6 Å². The molecule has 0 spiro atoms. The molecule has 0 aliphatic heterocycles. The number of rotatable bonds is 10. The molecule has 3 aliphatic rings. The number of hydrogen-bond donors (Lipinski definition) is 4. The molecule has 4 atom stereocenters. The van der Waals surface area contributed by atoms with E-state index in [9.17, 15) is 4.79 Å². The number of amides is 1. The van der Waals surface area contributed by atoms with Crippen LogP contribution in [0.5, 0.6) is 0 Å². The summed E-state index contributed by atoms with van der Waals surface area (Å²) >= 11 is 6.38. The number of halogens is 1. The molecule has 3 saturated carbocycles. The summed E-state index contributed by atoms with van der Waals surface area (Å²) in [4.78, 5) is 13.0. The van der Waals surface area contributed by atoms with Gasteiger partial charge in [0.15, 0.2) is 0 Å². The van der Waals surface area contributed by atoms with Crippen molar-refractivity contribution in [3.8, 4) is 0 Å². The molecule has 1 aromatic rings. The van der Waals surface area contributed by atoms with Gasteiger partial charge in [-0.1, -0.05) is 30.5 Å². The van der Waals surface area contributed by atoms with Crippen LogP contribution in [0.4, 0.5) is 0 Å². The van der Waals surface area contributed by atoms with Crippen molar-refractivity contribution in [2.75, 3.05) is 32.8 Å². The Bertz CT molecular complexity index is 743. The third kappa shape index (κ3) is 5.18. The van der Waals surface area contributed by atoms with Crippen molar-refractivity contribution >= 4 is 17.5 Å². The van der Waals surface area contributed by atoms with Crippen LogP contribution in [0.15, 0.2) is 18.2 Å². The van der Waals surface area contributed by atoms with Crippen molar-refractivity contribution in [2.45, 2.75) is 51.5 Å². The van der Waals surface area contributed by atoms with Crippen LogP contribution in [-0.2, 0) is 6.54 Å². The second-order valence-electron chi connectivity index (χ2n) is 9.81. The van der Waals surface area contributed by atoms with E-state index in [-0.39, 0.29) is 12.5 Å². The fourth-order valence-electron chi connectivity index (χ4n) is 6.37. The van der Waals surface area contributed by atoms with E-state index >= 15 is 0 Å². The highest BCUT2D eigenvalue weighted by Gasteiger charge is 2.49. The maximum Gasteiger partial charge on any atom is 0.252 e. The number of carbonyl (C=O) groups is 1. The van der Waals surface area contributed by atoms with Crippen molar-refractivity contribution in [1.82, 2.24) is 16.0 Å². The zero-order chi connectivity index (χ0) is 21.0. The standard InChI is InChI=1S/C24H36ClN3O2/c25-22-4-3-17(15-27-7-6-26-8-9-29)12-21(22)23(30)28-16-24-5-1-2-19-10-18(13-24)11-20(19)14-24/h3-4,12,18-20,26-27,29H,1-2,5-11,13-16H2,(H,28,30)/t18?,19-,20+,24?/m1/s1. The number of hydrogen-bond acceptors (Lipinski definition) is 4. The Morgan fingerprint density at radius 2 is 1.97 bits per heavy atom. The molecule has 166 valence electrons. The lowest BCUT2D eigenvalue weighted by Crippen LogP contribution is -2.41. The summed E-state index contributed by atoms with van der Waals surface area (Å²) in [6, 6.07) is 5.71. The molecule has 3 fully saturated rings. The van der Waals surface area contributed by atoms with Gasteiger partial charge in [0, 0.05) is 32.7 Å². The summed E-state index contributed by atoms with van der Waals surface area (Å²) in [6.45, 7) is 3.84. The first-order chi connectivity index (χ1) is 14.6. The van der Waals surface area contributed by atoms with Crippen molar-refractivity contribution in [3.63, 3.8) is 0 Å². The van der Waals surface area contributed by atoms with E-state index in [1.807, 2.05) is 18.2 Å². The van der Waals surface area contributed by atoms with Crippen molar-refractivity contribution in [3.05, 3.63) is 34.3 Å². The number of aliphatic hydroxyl groups excluding tert-OH is 1. The summed E-state index contributed by atoms with van der Waals surface area (Å²) in [6.07, 6.45) is 9.43. The summed E-state index contributed by atoms with van der Waals surface area (Å²) < 4.78 is 0. The van der Waals surface area contributed by atoms with Gasteiger partial charge in [-0.2, -0.15) is 0 Å². The largest absolute Gasteiger partial charge is 0.395 e. The van der Waals surface area contributed by atoms with Gasteiger partial charge >= 0.3 is 0 Å². The molecular formula is C24H36ClN3O2. The Balaban J connectivity index is 1.32. The number of nitrogens with one attached hydrogen (secondary N) is 3. The van der Waals surface area contributed by atoms with Crippen LogP contribution in [0.2, 0.25) is 5.02 Å². The van der Waals surface area contributed by atoms with Gasteiger partial charge in [0.1, 0.15) is 0 Å². The molecule has 3 bridgehead atoms. The summed E-state index contributed by atoms with van der Waals surface area (Å²) in [7, 11) is 0. The van der Waals surface area contributed by atoms with E-state index in [0.29, 0.717) is 29.1 Å². The minimum Gasteiger partial charge on any atom is -0.395 e. The van der Waals surface area contributed by atoms with Gasteiger partial charge in [0.25, 0.3) is 5.91 Å². The second-order valence-corrected chi connectivity index (χ2v) is 10.2. The molecule has 0 saturated heterocycles. The Hall–Kier alpha value is -1.14. The van der Waals surface area contributed by atoms with Crippen molar-refractivity contribution in [2.24, 2.45) is 23.2 Å². The van der Waals surface area contributed by atoms with Gasteiger partial charge in [-0.25, -0.2) is 0 Å². The van der Waals surface area contributed by atoms with Crippen LogP contribution in [0.1, 0.15) is 60.9 Å². The van der Waals surface area contributed by atoms with Crippen LogP contribution in [0.3, 0.4) is 0 Å². The molecule has 1 aromatic carbocycles. The molecule has 2 unspecified atom stereocenters. The fourth-order valence-corrected chi connectivity index (χ4v) is 6.57. The van der Waals surface area contributed by atoms with Gasteiger partial charge in [-0.3, -0.25) is 4.79 Å². The lowest BCUT2D eigenvalue weighted by molar-refractivity contribution is 0.0854. The van der Waals surface area contributed by atoms with Crippen LogP contribution in [0.25, 0.3) is 0 Å². The highest BCUT2D eigenvalue weighted by Crippen LogP contribution is 2.58. The molecule has 1 amide bonds. The third-order valence-electron chi connectivity index (χ3n) is 7.63. The van der Waals surface area contributed by atoms with Gasteiger partial charge < -0.3 is 21.1 Å². The molecule has 0 radical (unpaired) electrons. The zero-order valence-electron chi connectivity index (χ0n) is 17.9. The average Bonchev–Trinajstić information content (AvgIpc) is 2.96. The van der Waals surface area contributed by atoms with Gasteiger partial charge in [-0.15, -0.1) is 0 Å². The highest BCUT2D eigenvalue weighted by atomic mass is 35.5. The Morgan fingerprint density at radius 1 is 1.13 bits per heavy atom. The molecule has 6 heteroatoms. The Labute approximate surface area is 185 Å². The Morgan fingerprint density at radius 3 is 2.83 bits per heavy atom. The maximum atomic E-state index is 13.0. The van der Waals surface area contributed by atoms with Gasteiger partial charge in [0.2, 0.25) is 0 Å². The Kier molecular flexibility index (Phi) is 7.35. The van der Waals surface area contributed by atoms with Crippen LogP contribution < -0.4 is 16.0 Å². The number of fused-ring (bicyclic) bond motifs is 2. The monoisotopic (exact) mass is 433 g/mol. The minimum atomic E-state index is -0.0421. The van der Waals surface area contributed by atoms with Gasteiger partial charge in [0.05, 0.1) is 17.2 Å². The molecule has 5 nitrogen and oxygen atoms in total. The molecular weight excluding hydrogens is 398 g/mol. The molecule has 30 heavy (non-hydrogen) atoms. The predicted molar refractivity (Wildman–Crippen MR) is 121 cm³/mol. The van der Waals surface area contributed by atoms with E-state index in [1.54, 1.807) is 0 Å². The SMILES string of the molecule is O=C(NCC12CCC[C@@H]3CC(C[C@H]3C1)C2)c1cc(CNCCNCCO)ccc1Cl. The van der Waals surface area contributed by atoms with Crippen molar-refractivity contribution in [1.29, 1.82) is 0 Å². The third-order valence-corrected chi connectivity index (χ3v) is 7.96. The molecule has 4 N–H and O–H groups in total. The van der Waals surface area contributed by atoms with E-state index < -0.39 is 0 Å². The minimum absolute atomic E-state index is 0.0421. The van der Waals surface area contributed by atoms with E-state index in [4.69, 9.17) is 16.7 Å². The van der Waals surface area contributed by atoms with E-state index in [2.05, 4.69) is 16.0 Å². The van der Waals surface area contributed by atoms with Crippen molar-refractivity contribution < 1.29 is 9.90 Å². The lowest BCUT2D eigenvalue weighted by Gasteiger charge is -2.40. The lowest BCUT2D eigenvalue weighted by atomic mass is 9.67. The number of aliphatic hydroxyl groups is 1. The predicted octanol–water partition coefficient (Wildman–Crippen LogP) is 3.35. The number of carbonyl (C=O) groups excluding carboxylic acids is 1. The quantitative estimate of drug-likeness (QED) is 0.427. The fraction of sp³-hybridized carbons (Fsp3) is 0.708. The van der Waals surface area contributed by atoms with Gasteiger partial charge in [-0.05, 0) is 73.0 Å². The smallest absolute Gasteiger partial charge is 0.252 e. The molecule has 3 aliphatic carbocycles. The second kappa shape index (κ2) is 9.99. The summed E-state index contributed by atoms with van der Waals surface area (Å²) in [5.41, 5.74) is 1.94. The number of benzene rings is 1. The maximum absolute atomic E-state index is 13.0. The van der Waals surface area contributed by atoms with E-state index in [1.165, 1.54) is 44.9 Å². The normalized spacial score (nSPS) is 29.7. The van der Waals surface area contributed by atoms with Crippen LogP contribution in [0, 0.1) is 23.2 Å². The summed E-state index contributed by atoms with van der Waals surface area (Å²) in [5.74, 6) is 2.69. The molecule has 4 rings (SSSR count). The summed E-state index contributed by atoms with van der Waals surface area (Å²) in [5, 5.41) is 19.1. The first-order valence-corrected chi connectivity index (χ1v) is 12.1. The highest BCUT2D eigenvalue weighted by molar-refractivity contribution is 6.33. The molecule has 0 heterocycles. The average molecular weight is 434 g/mol. The van der Waals surface area contributed by atoms with Crippen LogP contribution in [-0.4, -0.2) is 43.8 Å². The topological polar surface area (TPSA) is 73.4 Å². The van der Waals surface area contributed by atoms with E-state index in [0.717, 1.165) is 43.0 Å². The molecule has 0 aromatic heterocycles.